The summed E-state index contributed by atoms with van der Waals surface area (Å²) < 4.78 is 0. The summed E-state index contributed by atoms with van der Waals surface area (Å²) in [6, 6.07) is 7.76. The second-order valence-corrected chi connectivity index (χ2v) is 7.74. The summed E-state index contributed by atoms with van der Waals surface area (Å²) in [6.45, 7) is 6.11. The lowest BCUT2D eigenvalue weighted by Gasteiger charge is -2.25. The van der Waals surface area contributed by atoms with Gasteiger partial charge < -0.3 is 25.7 Å². The Morgan fingerprint density at radius 2 is 2.03 bits per heavy atom. The van der Waals surface area contributed by atoms with Crippen molar-refractivity contribution in [3.8, 4) is 0 Å². The SMILES string of the molecule is CC(=O)O.CCc1cccc(NC(=O)CCC(=O)N2CC3CNCC3(CO)C2)c1. The Bertz CT molecular complexity index is 735. The van der Waals surface area contributed by atoms with E-state index < -0.39 is 5.97 Å². The normalized spacial score (nSPS) is 22.4. The van der Waals surface area contributed by atoms with Crippen LogP contribution in [0.3, 0.4) is 0 Å². The molecule has 0 aliphatic carbocycles. The topological polar surface area (TPSA) is 119 Å². The summed E-state index contributed by atoms with van der Waals surface area (Å²) in [5.41, 5.74) is 1.75. The van der Waals surface area contributed by atoms with E-state index in [1.54, 1.807) is 0 Å². The van der Waals surface area contributed by atoms with Gasteiger partial charge in [0.25, 0.3) is 5.97 Å². The first-order chi connectivity index (χ1) is 13.8. The zero-order valence-corrected chi connectivity index (χ0v) is 17.1. The van der Waals surface area contributed by atoms with Gasteiger partial charge in [-0.2, -0.15) is 0 Å². The maximum Gasteiger partial charge on any atom is 0.300 e. The molecule has 1 aromatic rings. The third-order valence-corrected chi connectivity index (χ3v) is 5.53. The standard InChI is InChI=1S/C19H27N3O3.C2H4O2/c1-2-14-4-3-5-16(8-14)21-17(24)6-7-18(25)22-10-15-9-20-11-19(15,12-22)13-23;1-2(3)4/h3-5,8,15,20,23H,2,6-7,9-13H2,1H3,(H,21,24);1H3,(H,3,4). The summed E-state index contributed by atoms with van der Waals surface area (Å²) in [6.07, 6.45) is 1.31. The summed E-state index contributed by atoms with van der Waals surface area (Å²) in [7, 11) is 0. The highest BCUT2D eigenvalue weighted by atomic mass is 16.4. The van der Waals surface area contributed by atoms with E-state index in [4.69, 9.17) is 9.90 Å². The fraction of sp³-hybridized carbons (Fsp3) is 0.571. The molecule has 4 N–H and O–H groups in total. The molecule has 2 amide bonds. The quantitative estimate of drug-likeness (QED) is 0.563. The Hall–Kier alpha value is -2.45. The van der Waals surface area contributed by atoms with E-state index in [9.17, 15) is 14.7 Å². The lowest BCUT2D eigenvalue weighted by molar-refractivity contribution is -0.134. The summed E-state index contributed by atoms with van der Waals surface area (Å²) in [5, 5.41) is 23.3. The summed E-state index contributed by atoms with van der Waals surface area (Å²) in [4.78, 5) is 35.4. The average molecular weight is 405 g/mol. The zero-order valence-electron chi connectivity index (χ0n) is 17.1. The fourth-order valence-corrected chi connectivity index (χ4v) is 3.91. The van der Waals surface area contributed by atoms with Crippen LogP contribution in [0.2, 0.25) is 0 Å². The third kappa shape index (κ3) is 6.27. The number of rotatable bonds is 6. The number of aliphatic hydroxyl groups is 1. The number of nitrogens with one attached hydrogen (secondary N) is 2. The smallest absolute Gasteiger partial charge is 0.300 e. The number of hydrogen-bond acceptors (Lipinski definition) is 5. The molecule has 0 bridgehead atoms. The monoisotopic (exact) mass is 405 g/mol. The molecule has 0 spiro atoms. The third-order valence-electron chi connectivity index (χ3n) is 5.53. The van der Waals surface area contributed by atoms with E-state index in [2.05, 4.69) is 17.6 Å². The van der Waals surface area contributed by atoms with Gasteiger partial charge in [0.15, 0.2) is 0 Å². The Morgan fingerprint density at radius 3 is 2.66 bits per heavy atom. The van der Waals surface area contributed by atoms with Crippen LogP contribution in [0.5, 0.6) is 0 Å². The highest BCUT2D eigenvalue weighted by Gasteiger charge is 2.50. The number of nitrogens with zero attached hydrogens (tertiary/aromatic N) is 1. The summed E-state index contributed by atoms with van der Waals surface area (Å²) in [5.74, 6) is -0.661. The number of aryl methyl sites for hydroxylation is 1. The minimum atomic E-state index is -0.833. The van der Waals surface area contributed by atoms with Crippen LogP contribution in [-0.2, 0) is 20.8 Å². The van der Waals surface area contributed by atoms with Gasteiger partial charge in [-0.15, -0.1) is 0 Å². The molecule has 29 heavy (non-hydrogen) atoms. The van der Waals surface area contributed by atoms with Gasteiger partial charge in [0, 0.05) is 57.0 Å². The number of carbonyl (C=O) groups excluding carboxylic acids is 2. The first kappa shape index (κ1) is 22.8. The number of anilines is 1. The zero-order chi connectivity index (χ0) is 21.4. The lowest BCUT2D eigenvalue weighted by atomic mass is 9.82. The Balaban J connectivity index is 0.000000687. The van der Waals surface area contributed by atoms with Crippen LogP contribution in [0.25, 0.3) is 0 Å². The van der Waals surface area contributed by atoms with Crippen molar-refractivity contribution in [3.05, 3.63) is 29.8 Å². The van der Waals surface area contributed by atoms with E-state index in [-0.39, 0.29) is 36.7 Å². The first-order valence-corrected chi connectivity index (χ1v) is 9.97. The molecule has 8 heteroatoms. The van der Waals surface area contributed by atoms with Crippen molar-refractivity contribution in [1.29, 1.82) is 0 Å². The fourth-order valence-electron chi connectivity index (χ4n) is 3.91. The number of carbonyl (C=O) groups is 3. The van der Waals surface area contributed by atoms with Crippen LogP contribution < -0.4 is 10.6 Å². The molecule has 0 radical (unpaired) electrons. The van der Waals surface area contributed by atoms with Gasteiger partial charge in [-0.3, -0.25) is 14.4 Å². The molecule has 2 aliphatic rings. The van der Waals surface area contributed by atoms with Crippen molar-refractivity contribution in [2.24, 2.45) is 11.3 Å². The predicted octanol–water partition coefficient (Wildman–Crippen LogP) is 1.10. The second kappa shape index (κ2) is 10.4. The molecule has 0 aromatic heterocycles. The number of benzene rings is 1. The van der Waals surface area contributed by atoms with Crippen molar-refractivity contribution in [2.75, 3.05) is 38.1 Å². The molecular weight excluding hydrogens is 374 g/mol. The van der Waals surface area contributed by atoms with Crippen molar-refractivity contribution < 1.29 is 24.6 Å². The van der Waals surface area contributed by atoms with Gasteiger partial charge in [-0.05, 0) is 30.0 Å². The van der Waals surface area contributed by atoms with Crippen LogP contribution >= 0.6 is 0 Å². The molecule has 2 atom stereocenters. The highest BCUT2D eigenvalue weighted by Crippen LogP contribution is 2.38. The van der Waals surface area contributed by atoms with Crippen LogP contribution in [0.4, 0.5) is 5.69 Å². The Labute approximate surface area is 171 Å². The molecule has 2 unspecified atom stereocenters. The van der Waals surface area contributed by atoms with Gasteiger partial charge in [0.05, 0.1) is 6.61 Å². The number of carboxylic acids is 1. The van der Waals surface area contributed by atoms with Crippen LogP contribution in [-0.4, -0.2) is 65.7 Å². The average Bonchev–Trinajstić information content (AvgIpc) is 3.23. The highest BCUT2D eigenvalue weighted by molar-refractivity contribution is 5.93. The first-order valence-electron chi connectivity index (χ1n) is 9.97. The molecular formula is C21H31N3O5. The van der Waals surface area contributed by atoms with Gasteiger partial charge >= 0.3 is 0 Å². The van der Waals surface area contributed by atoms with Crippen LogP contribution in [0.1, 0.15) is 32.3 Å². The number of hydrogen-bond donors (Lipinski definition) is 4. The largest absolute Gasteiger partial charge is 0.481 e. The minimum Gasteiger partial charge on any atom is -0.481 e. The van der Waals surface area contributed by atoms with Gasteiger partial charge in [-0.25, -0.2) is 0 Å². The van der Waals surface area contributed by atoms with E-state index in [0.717, 1.165) is 32.1 Å². The van der Waals surface area contributed by atoms with Crippen molar-refractivity contribution in [2.45, 2.75) is 33.1 Å². The van der Waals surface area contributed by atoms with E-state index in [0.29, 0.717) is 19.0 Å². The van der Waals surface area contributed by atoms with E-state index in [1.807, 2.05) is 29.2 Å². The maximum absolute atomic E-state index is 12.4. The number of fused-ring (bicyclic) bond motifs is 1. The second-order valence-electron chi connectivity index (χ2n) is 7.74. The Morgan fingerprint density at radius 1 is 1.31 bits per heavy atom. The van der Waals surface area contributed by atoms with Crippen LogP contribution in [0.15, 0.2) is 24.3 Å². The van der Waals surface area contributed by atoms with E-state index in [1.165, 1.54) is 5.56 Å². The number of carboxylic acid groups (broad SMARTS) is 1. The molecule has 0 saturated carbocycles. The molecule has 160 valence electrons. The number of aliphatic hydroxyl groups excluding tert-OH is 1. The van der Waals surface area contributed by atoms with Crippen molar-refractivity contribution in [3.63, 3.8) is 0 Å². The molecule has 2 heterocycles. The molecule has 2 aliphatic heterocycles. The number of likely N-dealkylation sites (tertiary alicyclic amines) is 1. The maximum atomic E-state index is 12.4. The molecule has 2 saturated heterocycles. The van der Waals surface area contributed by atoms with E-state index >= 15 is 0 Å². The molecule has 3 rings (SSSR count). The Kier molecular flexibility index (Phi) is 8.16. The molecule has 1 aromatic carbocycles. The van der Waals surface area contributed by atoms with Crippen molar-refractivity contribution >= 4 is 23.5 Å². The van der Waals surface area contributed by atoms with Crippen molar-refractivity contribution in [1.82, 2.24) is 10.2 Å². The predicted molar refractivity (Wildman–Crippen MR) is 109 cm³/mol. The van der Waals surface area contributed by atoms with Gasteiger partial charge in [0.1, 0.15) is 0 Å². The lowest BCUT2D eigenvalue weighted by Crippen LogP contribution is -2.38. The van der Waals surface area contributed by atoms with Crippen LogP contribution in [0, 0.1) is 11.3 Å². The molecule has 2 fully saturated rings. The van der Waals surface area contributed by atoms with Gasteiger partial charge in [0.2, 0.25) is 11.8 Å². The summed E-state index contributed by atoms with van der Waals surface area (Å²) >= 11 is 0. The number of amides is 2. The number of aliphatic carboxylic acids is 1. The molecule has 8 nitrogen and oxygen atoms in total. The minimum absolute atomic E-state index is 0.000293. The van der Waals surface area contributed by atoms with Gasteiger partial charge in [-0.1, -0.05) is 19.1 Å².